The van der Waals surface area contributed by atoms with Gasteiger partial charge in [0, 0.05) is 11.1 Å². The highest BCUT2D eigenvalue weighted by Crippen LogP contribution is 2.31. The summed E-state index contributed by atoms with van der Waals surface area (Å²) in [6.07, 6.45) is 0. The van der Waals surface area contributed by atoms with Crippen molar-refractivity contribution in [2.24, 2.45) is 0 Å². The zero-order valence-electron chi connectivity index (χ0n) is 11.0. The van der Waals surface area contributed by atoms with Crippen LogP contribution in [0, 0.1) is 0 Å². The normalized spacial score (nSPS) is 10.2. The Morgan fingerprint density at radius 3 is 2.00 bits per heavy atom. The Bertz CT molecular complexity index is 630. The van der Waals surface area contributed by atoms with E-state index in [-0.39, 0.29) is 5.56 Å². The molecule has 0 saturated carbocycles. The molecule has 0 bridgehead atoms. The molecule has 2 aromatic rings. The molecule has 0 heterocycles. The highest BCUT2D eigenvalue weighted by atomic mass is 35.5. The molecule has 1 N–H and O–H groups in total. The Labute approximate surface area is 121 Å². The van der Waals surface area contributed by atoms with E-state index >= 15 is 0 Å². The lowest BCUT2D eigenvalue weighted by Gasteiger charge is -2.09. The van der Waals surface area contributed by atoms with Gasteiger partial charge in [-0.2, -0.15) is 0 Å². The number of rotatable bonds is 4. The second kappa shape index (κ2) is 5.84. The van der Waals surface area contributed by atoms with Crippen LogP contribution in [0.25, 0.3) is 11.1 Å². The molecular weight excluding hydrogens is 280 g/mol. The molecule has 0 amide bonds. The Morgan fingerprint density at radius 1 is 0.950 bits per heavy atom. The molecule has 5 heteroatoms. The number of benzene rings is 2. The smallest absolute Gasteiger partial charge is 0.335 e. The first-order valence-electron chi connectivity index (χ1n) is 5.81. The van der Waals surface area contributed by atoms with E-state index in [0.717, 1.165) is 5.56 Å². The zero-order valence-corrected chi connectivity index (χ0v) is 11.8. The van der Waals surface area contributed by atoms with Crippen molar-refractivity contribution < 1.29 is 19.4 Å². The average Bonchev–Trinajstić information content (AvgIpc) is 2.45. The van der Waals surface area contributed by atoms with Crippen molar-refractivity contribution >= 4 is 17.6 Å². The minimum Gasteiger partial charge on any atom is -0.497 e. The molecule has 0 fully saturated rings. The van der Waals surface area contributed by atoms with Crippen LogP contribution >= 0.6 is 11.6 Å². The van der Waals surface area contributed by atoms with Crippen LogP contribution in [0.4, 0.5) is 0 Å². The second-order valence-electron chi connectivity index (χ2n) is 4.14. The molecule has 20 heavy (non-hydrogen) atoms. The summed E-state index contributed by atoms with van der Waals surface area (Å²) in [7, 11) is 3.11. The fourth-order valence-corrected chi connectivity index (χ4v) is 2.09. The maximum Gasteiger partial charge on any atom is 0.335 e. The van der Waals surface area contributed by atoms with E-state index in [1.54, 1.807) is 44.6 Å². The van der Waals surface area contributed by atoms with Crippen LogP contribution in [-0.2, 0) is 0 Å². The van der Waals surface area contributed by atoms with Crippen LogP contribution in [0.3, 0.4) is 0 Å². The topological polar surface area (TPSA) is 55.8 Å². The number of hydrogen-bond donors (Lipinski definition) is 1. The van der Waals surface area contributed by atoms with E-state index in [4.69, 9.17) is 26.2 Å². The fourth-order valence-electron chi connectivity index (χ4n) is 1.85. The first kappa shape index (κ1) is 14.2. The molecule has 0 spiro atoms. The van der Waals surface area contributed by atoms with Gasteiger partial charge in [-0.3, -0.25) is 0 Å². The number of halogens is 1. The van der Waals surface area contributed by atoms with Crippen LogP contribution in [-0.4, -0.2) is 25.3 Å². The largest absolute Gasteiger partial charge is 0.497 e. The van der Waals surface area contributed by atoms with Crippen LogP contribution in [0.15, 0.2) is 36.4 Å². The first-order valence-corrected chi connectivity index (χ1v) is 6.18. The number of aromatic carboxylic acids is 1. The molecule has 2 aromatic carbocycles. The number of carboxylic acids is 1. The standard InChI is InChI=1S/C15H13ClO4/c1-19-13-6-10(7-14(8-13)20-2)9-3-11(15(17)18)5-12(16)4-9/h3-8H,1-2H3,(H,17,18). The molecule has 0 atom stereocenters. The SMILES string of the molecule is COc1cc(OC)cc(-c2cc(Cl)cc(C(=O)O)c2)c1. The van der Waals surface area contributed by atoms with E-state index < -0.39 is 5.97 Å². The lowest BCUT2D eigenvalue weighted by atomic mass is 10.0. The van der Waals surface area contributed by atoms with Crippen LogP contribution in [0.2, 0.25) is 5.02 Å². The summed E-state index contributed by atoms with van der Waals surface area (Å²) in [6.45, 7) is 0. The van der Waals surface area contributed by atoms with Gasteiger partial charge in [0.25, 0.3) is 0 Å². The monoisotopic (exact) mass is 292 g/mol. The van der Waals surface area contributed by atoms with Crippen molar-refractivity contribution in [2.45, 2.75) is 0 Å². The Morgan fingerprint density at radius 2 is 1.50 bits per heavy atom. The highest BCUT2D eigenvalue weighted by molar-refractivity contribution is 6.31. The molecular formula is C15H13ClO4. The predicted octanol–water partition coefficient (Wildman–Crippen LogP) is 3.72. The van der Waals surface area contributed by atoms with Gasteiger partial charge >= 0.3 is 5.97 Å². The Balaban J connectivity index is 2.58. The van der Waals surface area contributed by atoms with Crippen molar-refractivity contribution in [3.05, 3.63) is 47.0 Å². The van der Waals surface area contributed by atoms with Gasteiger partial charge in [-0.15, -0.1) is 0 Å². The van der Waals surface area contributed by atoms with Crippen LogP contribution in [0.5, 0.6) is 11.5 Å². The molecule has 0 aliphatic rings. The van der Waals surface area contributed by atoms with Crippen molar-refractivity contribution in [3.8, 4) is 22.6 Å². The number of carboxylic acid groups (broad SMARTS) is 1. The molecule has 0 radical (unpaired) electrons. The average molecular weight is 293 g/mol. The van der Waals surface area contributed by atoms with Crippen LogP contribution < -0.4 is 9.47 Å². The second-order valence-corrected chi connectivity index (χ2v) is 4.57. The molecule has 0 unspecified atom stereocenters. The highest BCUT2D eigenvalue weighted by Gasteiger charge is 2.10. The number of hydrogen-bond acceptors (Lipinski definition) is 3. The Hall–Kier alpha value is -2.20. The lowest BCUT2D eigenvalue weighted by molar-refractivity contribution is 0.0697. The number of carbonyl (C=O) groups is 1. The van der Waals surface area contributed by atoms with E-state index in [9.17, 15) is 4.79 Å². The van der Waals surface area contributed by atoms with Crippen molar-refractivity contribution in [1.82, 2.24) is 0 Å². The predicted molar refractivity (Wildman–Crippen MR) is 77.0 cm³/mol. The van der Waals surface area contributed by atoms with Gasteiger partial charge in [-0.1, -0.05) is 11.6 Å². The van der Waals surface area contributed by atoms with Crippen molar-refractivity contribution in [2.75, 3.05) is 14.2 Å². The van der Waals surface area contributed by atoms with Gasteiger partial charge in [0.2, 0.25) is 0 Å². The van der Waals surface area contributed by atoms with Crippen LogP contribution in [0.1, 0.15) is 10.4 Å². The molecule has 0 saturated heterocycles. The first-order chi connectivity index (χ1) is 9.53. The minimum absolute atomic E-state index is 0.134. The van der Waals surface area contributed by atoms with Gasteiger partial charge in [-0.05, 0) is 41.5 Å². The van der Waals surface area contributed by atoms with Crippen molar-refractivity contribution in [3.63, 3.8) is 0 Å². The van der Waals surface area contributed by atoms with E-state index in [1.807, 2.05) is 0 Å². The zero-order chi connectivity index (χ0) is 14.7. The molecule has 2 rings (SSSR count). The summed E-state index contributed by atoms with van der Waals surface area (Å²) >= 11 is 5.97. The molecule has 104 valence electrons. The summed E-state index contributed by atoms with van der Waals surface area (Å²) in [4.78, 5) is 11.1. The van der Waals surface area contributed by atoms with Gasteiger partial charge in [0.05, 0.1) is 19.8 Å². The quantitative estimate of drug-likeness (QED) is 0.933. The molecule has 0 aromatic heterocycles. The van der Waals surface area contributed by atoms with Crippen molar-refractivity contribution in [1.29, 1.82) is 0 Å². The van der Waals surface area contributed by atoms with Gasteiger partial charge in [0.15, 0.2) is 0 Å². The maximum absolute atomic E-state index is 11.1. The minimum atomic E-state index is -1.02. The Kier molecular flexibility index (Phi) is 4.15. The third-order valence-electron chi connectivity index (χ3n) is 2.83. The fraction of sp³-hybridized carbons (Fsp3) is 0.133. The lowest BCUT2D eigenvalue weighted by Crippen LogP contribution is -1.96. The molecule has 4 nitrogen and oxygen atoms in total. The summed E-state index contributed by atoms with van der Waals surface area (Å²) in [5.41, 5.74) is 1.59. The molecule has 0 aliphatic carbocycles. The van der Waals surface area contributed by atoms with Gasteiger partial charge in [-0.25, -0.2) is 4.79 Å². The van der Waals surface area contributed by atoms with E-state index in [0.29, 0.717) is 22.1 Å². The summed E-state index contributed by atoms with van der Waals surface area (Å²) < 4.78 is 10.4. The van der Waals surface area contributed by atoms with E-state index in [1.165, 1.54) is 6.07 Å². The third kappa shape index (κ3) is 3.03. The summed E-state index contributed by atoms with van der Waals surface area (Å²) in [5, 5.41) is 9.44. The summed E-state index contributed by atoms with van der Waals surface area (Å²) in [5.74, 6) is 0.219. The van der Waals surface area contributed by atoms with E-state index in [2.05, 4.69) is 0 Å². The third-order valence-corrected chi connectivity index (χ3v) is 3.05. The molecule has 0 aliphatic heterocycles. The maximum atomic E-state index is 11.1. The number of methoxy groups -OCH3 is 2. The van der Waals surface area contributed by atoms with Gasteiger partial charge < -0.3 is 14.6 Å². The number of ether oxygens (including phenoxy) is 2. The van der Waals surface area contributed by atoms with Gasteiger partial charge in [0.1, 0.15) is 11.5 Å². The summed E-state index contributed by atoms with van der Waals surface area (Å²) in [6, 6.07) is 9.99.